The summed E-state index contributed by atoms with van der Waals surface area (Å²) >= 11 is 6.35. The van der Waals surface area contributed by atoms with Gasteiger partial charge in [0.15, 0.2) is 0 Å². The largest absolute Gasteiger partial charge is 0.497 e. The molecule has 1 amide bonds. The molecule has 0 saturated carbocycles. The first kappa shape index (κ1) is 17.6. The van der Waals surface area contributed by atoms with Gasteiger partial charge in [0, 0.05) is 31.5 Å². The molecule has 1 atom stereocenters. The minimum Gasteiger partial charge on any atom is -0.497 e. The Kier molecular flexibility index (Phi) is 4.62. The SMILES string of the molecule is C=CCn1c([C@H]2CC(=O)N(c3cc(OC)ccc3Cl)C2)nc2ccccc21. The quantitative estimate of drug-likeness (QED) is 0.615. The number of carbonyl (C=O) groups is 1. The molecule has 1 aliphatic rings. The van der Waals surface area contributed by atoms with Gasteiger partial charge in [0.1, 0.15) is 11.6 Å². The van der Waals surface area contributed by atoms with Crippen LogP contribution in [-0.4, -0.2) is 29.1 Å². The van der Waals surface area contributed by atoms with Gasteiger partial charge in [-0.2, -0.15) is 0 Å². The Morgan fingerprint density at radius 3 is 2.93 bits per heavy atom. The van der Waals surface area contributed by atoms with Crippen LogP contribution in [0.2, 0.25) is 5.02 Å². The number of para-hydroxylation sites is 2. The van der Waals surface area contributed by atoms with Crippen molar-refractivity contribution in [1.82, 2.24) is 9.55 Å². The van der Waals surface area contributed by atoms with Crippen LogP contribution in [-0.2, 0) is 11.3 Å². The molecule has 2 heterocycles. The molecule has 0 bridgehead atoms. The zero-order chi connectivity index (χ0) is 19.0. The minimum atomic E-state index is -0.00730. The molecule has 0 aliphatic carbocycles. The molecule has 1 fully saturated rings. The van der Waals surface area contributed by atoms with Crippen molar-refractivity contribution in [2.45, 2.75) is 18.9 Å². The number of allylic oxidation sites excluding steroid dienone is 1. The summed E-state index contributed by atoms with van der Waals surface area (Å²) in [7, 11) is 1.60. The van der Waals surface area contributed by atoms with Crippen molar-refractivity contribution < 1.29 is 9.53 Å². The van der Waals surface area contributed by atoms with Crippen LogP contribution in [0.15, 0.2) is 55.1 Å². The second kappa shape index (κ2) is 7.08. The third kappa shape index (κ3) is 3.08. The van der Waals surface area contributed by atoms with E-state index >= 15 is 0 Å². The summed E-state index contributed by atoms with van der Waals surface area (Å²) in [6.07, 6.45) is 2.25. The predicted octanol–water partition coefficient (Wildman–Crippen LogP) is 4.40. The van der Waals surface area contributed by atoms with Crippen LogP contribution in [0, 0.1) is 0 Å². The van der Waals surface area contributed by atoms with Crippen LogP contribution < -0.4 is 9.64 Å². The lowest BCUT2D eigenvalue weighted by atomic mass is 10.1. The molecule has 0 N–H and O–H groups in total. The summed E-state index contributed by atoms with van der Waals surface area (Å²) in [5.74, 6) is 1.61. The van der Waals surface area contributed by atoms with Crippen molar-refractivity contribution in [3.8, 4) is 5.75 Å². The van der Waals surface area contributed by atoms with Gasteiger partial charge in [-0.25, -0.2) is 4.98 Å². The normalized spacial score (nSPS) is 16.9. The van der Waals surface area contributed by atoms with Crippen LogP contribution in [0.25, 0.3) is 11.0 Å². The van der Waals surface area contributed by atoms with E-state index in [1.54, 1.807) is 30.2 Å². The van der Waals surface area contributed by atoms with E-state index in [4.69, 9.17) is 21.3 Å². The summed E-state index contributed by atoms with van der Waals surface area (Å²) in [6, 6.07) is 13.3. The van der Waals surface area contributed by atoms with E-state index in [9.17, 15) is 4.79 Å². The van der Waals surface area contributed by atoms with E-state index in [1.165, 1.54) is 0 Å². The fraction of sp³-hybridized carbons (Fsp3) is 0.238. The lowest BCUT2D eigenvalue weighted by Gasteiger charge is -2.19. The minimum absolute atomic E-state index is 0.00730. The molecular weight excluding hydrogens is 362 g/mol. The van der Waals surface area contributed by atoms with Gasteiger partial charge in [-0.05, 0) is 24.3 Å². The van der Waals surface area contributed by atoms with E-state index in [2.05, 4.69) is 11.1 Å². The summed E-state index contributed by atoms with van der Waals surface area (Å²) in [5.41, 5.74) is 2.66. The molecule has 2 aromatic carbocycles. The fourth-order valence-electron chi connectivity index (χ4n) is 3.67. The summed E-state index contributed by atoms with van der Waals surface area (Å²) < 4.78 is 7.42. The number of ether oxygens (including phenoxy) is 1. The second-order valence-electron chi connectivity index (χ2n) is 6.58. The highest BCUT2D eigenvalue weighted by Crippen LogP contribution is 2.37. The van der Waals surface area contributed by atoms with Crippen LogP contribution >= 0.6 is 11.6 Å². The van der Waals surface area contributed by atoms with Crippen LogP contribution in [0.3, 0.4) is 0 Å². The molecule has 1 aliphatic heterocycles. The predicted molar refractivity (Wildman–Crippen MR) is 108 cm³/mol. The molecule has 27 heavy (non-hydrogen) atoms. The van der Waals surface area contributed by atoms with Gasteiger partial charge in [-0.3, -0.25) is 4.79 Å². The van der Waals surface area contributed by atoms with Gasteiger partial charge >= 0.3 is 0 Å². The summed E-state index contributed by atoms with van der Waals surface area (Å²) in [6.45, 7) is 5.05. The topological polar surface area (TPSA) is 47.4 Å². The van der Waals surface area contributed by atoms with E-state index < -0.39 is 0 Å². The molecule has 0 unspecified atom stereocenters. The van der Waals surface area contributed by atoms with Crippen molar-refractivity contribution >= 4 is 34.2 Å². The highest BCUT2D eigenvalue weighted by molar-refractivity contribution is 6.34. The third-order valence-corrected chi connectivity index (χ3v) is 5.25. The van der Waals surface area contributed by atoms with Gasteiger partial charge in [0.2, 0.25) is 5.91 Å². The number of carbonyl (C=O) groups excluding carboxylic acids is 1. The van der Waals surface area contributed by atoms with Gasteiger partial charge < -0.3 is 14.2 Å². The molecule has 0 radical (unpaired) electrons. The molecule has 5 nitrogen and oxygen atoms in total. The van der Waals surface area contributed by atoms with Crippen molar-refractivity contribution in [1.29, 1.82) is 0 Å². The molecule has 0 spiro atoms. The Morgan fingerprint density at radius 1 is 1.33 bits per heavy atom. The van der Waals surface area contributed by atoms with Crippen LogP contribution in [0.5, 0.6) is 5.75 Å². The first-order valence-corrected chi connectivity index (χ1v) is 9.20. The number of fused-ring (bicyclic) bond motifs is 1. The lowest BCUT2D eigenvalue weighted by Crippen LogP contribution is -2.25. The first-order valence-electron chi connectivity index (χ1n) is 8.82. The van der Waals surface area contributed by atoms with Gasteiger partial charge in [-0.15, -0.1) is 6.58 Å². The number of imidazole rings is 1. The van der Waals surface area contributed by atoms with Gasteiger partial charge in [-0.1, -0.05) is 29.8 Å². The lowest BCUT2D eigenvalue weighted by molar-refractivity contribution is -0.117. The van der Waals surface area contributed by atoms with E-state index in [1.807, 2.05) is 30.3 Å². The highest BCUT2D eigenvalue weighted by atomic mass is 35.5. The molecule has 138 valence electrons. The standard InChI is InChI=1S/C21H20ClN3O2/c1-3-10-24-18-7-5-4-6-17(18)23-21(24)14-11-20(26)25(13-14)19-12-15(27-2)8-9-16(19)22/h3-9,12,14H,1,10-11,13H2,2H3/t14-/m0/s1. The maximum Gasteiger partial charge on any atom is 0.227 e. The Balaban J connectivity index is 1.72. The number of methoxy groups -OCH3 is 1. The number of hydrogen-bond donors (Lipinski definition) is 0. The third-order valence-electron chi connectivity index (χ3n) is 4.93. The number of amides is 1. The zero-order valence-electron chi connectivity index (χ0n) is 15.1. The second-order valence-corrected chi connectivity index (χ2v) is 6.99. The first-order chi connectivity index (χ1) is 13.1. The molecular formula is C21H20ClN3O2. The van der Waals surface area contributed by atoms with Gasteiger partial charge in [0.05, 0.1) is 28.9 Å². The zero-order valence-corrected chi connectivity index (χ0v) is 15.8. The fourth-order valence-corrected chi connectivity index (χ4v) is 3.89. The van der Waals surface area contributed by atoms with E-state index in [0.29, 0.717) is 36.0 Å². The van der Waals surface area contributed by atoms with Crippen molar-refractivity contribution in [2.24, 2.45) is 0 Å². The number of benzene rings is 2. The summed E-state index contributed by atoms with van der Waals surface area (Å²) in [5, 5.41) is 0.532. The highest BCUT2D eigenvalue weighted by Gasteiger charge is 2.35. The van der Waals surface area contributed by atoms with Crippen molar-refractivity contribution in [2.75, 3.05) is 18.6 Å². The maximum absolute atomic E-state index is 12.8. The maximum atomic E-state index is 12.8. The monoisotopic (exact) mass is 381 g/mol. The molecule has 6 heteroatoms. The number of hydrogen-bond acceptors (Lipinski definition) is 3. The molecule has 1 aromatic heterocycles. The average molecular weight is 382 g/mol. The van der Waals surface area contributed by atoms with Gasteiger partial charge in [0.25, 0.3) is 0 Å². The van der Waals surface area contributed by atoms with E-state index in [0.717, 1.165) is 16.9 Å². The number of nitrogens with zero attached hydrogens (tertiary/aromatic N) is 3. The van der Waals surface area contributed by atoms with Crippen LogP contribution in [0.1, 0.15) is 18.2 Å². The molecule has 4 rings (SSSR count). The number of rotatable bonds is 5. The van der Waals surface area contributed by atoms with Crippen LogP contribution in [0.4, 0.5) is 5.69 Å². The Labute approximate surface area is 162 Å². The van der Waals surface area contributed by atoms with Crippen molar-refractivity contribution in [3.05, 3.63) is 66.0 Å². The Morgan fingerprint density at radius 2 is 2.15 bits per heavy atom. The Bertz CT molecular complexity index is 1030. The smallest absolute Gasteiger partial charge is 0.227 e. The van der Waals surface area contributed by atoms with Crippen molar-refractivity contribution in [3.63, 3.8) is 0 Å². The molecule has 1 saturated heterocycles. The number of anilines is 1. The number of aromatic nitrogens is 2. The number of halogens is 1. The molecule has 3 aromatic rings. The average Bonchev–Trinajstić information content (AvgIpc) is 3.23. The Hall–Kier alpha value is -2.79. The summed E-state index contributed by atoms with van der Waals surface area (Å²) in [4.78, 5) is 19.3. The van der Waals surface area contributed by atoms with E-state index in [-0.39, 0.29) is 11.8 Å².